The van der Waals surface area contributed by atoms with E-state index in [0.717, 1.165) is 16.8 Å². The summed E-state index contributed by atoms with van der Waals surface area (Å²) >= 11 is 0. The SMILES string of the molecule is O=C(O)CC1COCCN1C(=O)c1cn(-c2cccc(C(F)(F)F)c2)nn1. The van der Waals surface area contributed by atoms with Gasteiger partial charge in [0.05, 0.1) is 43.1 Å². The molecule has 0 saturated carbocycles. The predicted molar refractivity (Wildman–Crippen MR) is 84.3 cm³/mol. The van der Waals surface area contributed by atoms with Gasteiger partial charge in [-0.05, 0) is 18.2 Å². The molecule has 144 valence electrons. The number of morpholine rings is 1. The Kier molecular flexibility index (Phi) is 5.13. The summed E-state index contributed by atoms with van der Waals surface area (Å²) in [7, 11) is 0. The van der Waals surface area contributed by atoms with E-state index in [1.807, 2.05) is 0 Å². The zero-order chi connectivity index (χ0) is 19.6. The summed E-state index contributed by atoms with van der Waals surface area (Å²) in [6.45, 7) is 0.524. The van der Waals surface area contributed by atoms with Crippen LogP contribution in [0.5, 0.6) is 0 Å². The summed E-state index contributed by atoms with van der Waals surface area (Å²) < 4.78 is 44.8. The minimum Gasteiger partial charge on any atom is -0.481 e. The lowest BCUT2D eigenvalue weighted by Gasteiger charge is -2.34. The average molecular weight is 384 g/mol. The minimum atomic E-state index is -4.51. The Morgan fingerprint density at radius 2 is 2.11 bits per heavy atom. The van der Waals surface area contributed by atoms with E-state index in [1.165, 1.54) is 23.2 Å². The number of hydrogen-bond donors (Lipinski definition) is 1. The van der Waals surface area contributed by atoms with Crippen molar-refractivity contribution in [3.8, 4) is 5.69 Å². The van der Waals surface area contributed by atoms with Crippen molar-refractivity contribution in [3.63, 3.8) is 0 Å². The Balaban J connectivity index is 1.82. The van der Waals surface area contributed by atoms with E-state index in [2.05, 4.69) is 10.3 Å². The van der Waals surface area contributed by atoms with Crippen molar-refractivity contribution in [1.29, 1.82) is 0 Å². The average Bonchev–Trinajstić information content (AvgIpc) is 3.11. The van der Waals surface area contributed by atoms with Gasteiger partial charge in [-0.1, -0.05) is 11.3 Å². The molecule has 1 amide bonds. The van der Waals surface area contributed by atoms with Crippen LogP contribution in [0.4, 0.5) is 13.2 Å². The molecule has 1 unspecified atom stereocenters. The summed E-state index contributed by atoms with van der Waals surface area (Å²) in [5.74, 6) is -1.63. The number of rotatable bonds is 4. The van der Waals surface area contributed by atoms with Crippen LogP contribution >= 0.6 is 0 Å². The predicted octanol–water partition coefficient (Wildman–Crippen LogP) is 1.60. The normalized spacial score (nSPS) is 17.7. The number of aromatic nitrogens is 3. The van der Waals surface area contributed by atoms with Crippen LogP contribution < -0.4 is 0 Å². The molecular formula is C16H15F3N4O4. The van der Waals surface area contributed by atoms with Gasteiger partial charge in [0.2, 0.25) is 0 Å². The largest absolute Gasteiger partial charge is 0.481 e. The van der Waals surface area contributed by atoms with Crippen molar-refractivity contribution in [3.05, 3.63) is 41.7 Å². The van der Waals surface area contributed by atoms with Gasteiger partial charge >= 0.3 is 12.1 Å². The number of halogens is 3. The second kappa shape index (κ2) is 7.35. The van der Waals surface area contributed by atoms with Gasteiger partial charge in [0.15, 0.2) is 5.69 Å². The number of ether oxygens (including phenoxy) is 1. The lowest BCUT2D eigenvalue weighted by molar-refractivity contribution is -0.139. The second-order valence-electron chi connectivity index (χ2n) is 5.92. The second-order valence-corrected chi connectivity index (χ2v) is 5.92. The van der Waals surface area contributed by atoms with Crippen molar-refractivity contribution in [2.45, 2.75) is 18.6 Å². The Labute approximate surface area is 151 Å². The Morgan fingerprint density at radius 1 is 1.33 bits per heavy atom. The van der Waals surface area contributed by atoms with E-state index in [0.29, 0.717) is 0 Å². The number of carboxylic acid groups (broad SMARTS) is 1. The zero-order valence-corrected chi connectivity index (χ0v) is 13.9. The number of carbonyl (C=O) groups is 2. The summed E-state index contributed by atoms with van der Waals surface area (Å²) in [5, 5.41) is 16.4. The van der Waals surface area contributed by atoms with E-state index in [4.69, 9.17) is 9.84 Å². The van der Waals surface area contributed by atoms with Crippen LogP contribution in [0.3, 0.4) is 0 Å². The standard InChI is InChI=1S/C16H15F3N4O4/c17-16(18,19)10-2-1-3-11(6-10)23-8-13(20-21-23)15(26)22-4-5-27-9-12(22)7-14(24)25/h1-3,6,8,12H,4-5,7,9H2,(H,24,25). The van der Waals surface area contributed by atoms with E-state index in [-0.39, 0.29) is 37.6 Å². The number of amides is 1. The molecule has 0 spiro atoms. The van der Waals surface area contributed by atoms with Crippen LogP contribution in [-0.4, -0.2) is 62.7 Å². The fourth-order valence-corrected chi connectivity index (χ4v) is 2.75. The number of aliphatic carboxylic acids is 1. The number of nitrogens with zero attached hydrogens (tertiary/aromatic N) is 4. The third-order valence-electron chi connectivity index (χ3n) is 4.05. The molecule has 1 atom stereocenters. The van der Waals surface area contributed by atoms with Crippen LogP contribution in [0, 0.1) is 0 Å². The van der Waals surface area contributed by atoms with Gasteiger partial charge in [-0.2, -0.15) is 13.2 Å². The highest BCUT2D eigenvalue weighted by Gasteiger charge is 2.32. The van der Waals surface area contributed by atoms with Crippen LogP contribution in [0.25, 0.3) is 5.69 Å². The number of carbonyl (C=O) groups excluding carboxylic acids is 1. The fourth-order valence-electron chi connectivity index (χ4n) is 2.75. The molecule has 1 aliphatic rings. The highest BCUT2D eigenvalue weighted by atomic mass is 19.4. The van der Waals surface area contributed by atoms with Crippen molar-refractivity contribution < 1.29 is 32.6 Å². The first-order valence-electron chi connectivity index (χ1n) is 7.96. The van der Waals surface area contributed by atoms with Gasteiger partial charge in [-0.15, -0.1) is 5.10 Å². The third-order valence-corrected chi connectivity index (χ3v) is 4.05. The fraction of sp³-hybridized carbons (Fsp3) is 0.375. The third kappa shape index (κ3) is 4.25. The van der Waals surface area contributed by atoms with Crippen LogP contribution in [0.15, 0.2) is 30.5 Å². The molecule has 1 aromatic carbocycles. The Morgan fingerprint density at radius 3 is 2.81 bits per heavy atom. The summed E-state index contributed by atoms with van der Waals surface area (Å²) in [6.07, 6.45) is -3.58. The van der Waals surface area contributed by atoms with Crippen LogP contribution in [0.2, 0.25) is 0 Å². The number of hydrogen-bond acceptors (Lipinski definition) is 5. The van der Waals surface area contributed by atoms with E-state index >= 15 is 0 Å². The first kappa shape index (κ1) is 18.8. The van der Waals surface area contributed by atoms with E-state index in [1.54, 1.807) is 0 Å². The zero-order valence-electron chi connectivity index (χ0n) is 13.9. The maximum Gasteiger partial charge on any atom is 0.416 e. The summed E-state index contributed by atoms with van der Waals surface area (Å²) in [6, 6.07) is 3.80. The molecule has 1 saturated heterocycles. The lowest BCUT2D eigenvalue weighted by Crippen LogP contribution is -2.49. The highest BCUT2D eigenvalue weighted by Crippen LogP contribution is 2.30. The van der Waals surface area contributed by atoms with Gasteiger partial charge in [0, 0.05) is 6.54 Å². The highest BCUT2D eigenvalue weighted by molar-refractivity contribution is 5.92. The molecule has 1 aliphatic heterocycles. The molecule has 1 aromatic heterocycles. The van der Waals surface area contributed by atoms with Gasteiger partial charge < -0.3 is 14.7 Å². The summed E-state index contributed by atoms with van der Waals surface area (Å²) in [5.41, 5.74) is -0.844. The number of benzene rings is 1. The Bertz CT molecular complexity index is 852. The molecule has 8 nitrogen and oxygen atoms in total. The molecule has 0 bridgehead atoms. The number of alkyl halides is 3. The van der Waals surface area contributed by atoms with Crippen molar-refractivity contribution >= 4 is 11.9 Å². The molecular weight excluding hydrogens is 369 g/mol. The smallest absolute Gasteiger partial charge is 0.416 e. The minimum absolute atomic E-state index is 0.0831. The molecule has 1 N–H and O–H groups in total. The maximum atomic E-state index is 12.8. The molecule has 0 aliphatic carbocycles. The van der Waals surface area contributed by atoms with Gasteiger partial charge in [-0.3, -0.25) is 9.59 Å². The Hall–Kier alpha value is -2.95. The number of carboxylic acids is 1. The van der Waals surface area contributed by atoms with Crippen molar-refractivity contribution in [1.82, 2.24) is 19.9 Å². The molecule has 2 aromatic rings. The molecule has 0 radical (unpaired) electrons. The molecule has 3 rings (SSSR count). The van der Waals surface area contributed by atoms with Gasteiger partial charge in [0.1, 0.15) is 0 Å². The quantitative estimate of drug-likeness (QED) is 0.860. The van der Waals surface area contributed by atoms with E-state index < -0.39 is 29.7 Å². The maximum absolute atomic E-state index is 12.8. The molecule has 1 fully saturated rings. The van der Waals surface area contributed by atoms with Gasteiger partial charge in [-0.25, -0.2) is 4.68 Å². The van der Waals surface area contributed by atoms with Gasteiger partial charge in [0.25, 0.3) is 5.91 Å². The van der Waals surface area contributed by atoms with Crippen molar-refractivity contribution in [2.24, 2.45) is 0 Å². The first-order chi connectivity index (χ1) is 12.8. The van der Waals surface area contributed by atoms with Crippen LogP contribution in [0.1, 0.15) is 22.5 Å². The first-order valence-corrected chi connectivity index (χ1v) is 7.96. The molecule has 2 heterocycles. The molecule has 27 heavy (non-hydrogen) atoms. The van der Waals surface area contributed by atoms with Crippen molar-refractivity contribution in [2.75, 3.05) is 19.8 Å². The van der Waals surface area contributed by atoms with E-state index in [9.17, 15) is 22.8 Å². The van der Waals surface area contributed by atoms with Crippen LogP contribution in [-0.2, 0) is 15.7 Å². The summed E-state index contributed by atoms with van der Waals surface area (Å²) in [4.78, 5) is 24.9. The monoisotopic (exact) mass is 384 g/mol. The lowest BCUT2D eigenvalue weighted by atomic mass is 10.1. The molecule has 11 heteroatoms. The topological polar surface area (TPSA) is 97.6 Å².